The van der Waals surface area contributed by atoms with E-state index in [4.69, 9.17) is 5.11 Å². The first-order chi connectivity index (χ1) is 9.08. The number of carboxylic acids is 1. The van der Waals surface area contributed by atoms with Crippen LogP contribution in [0.2, 0.25) is 0 Å². The number of rotatable bonds is 4. The number of hydrogen-bond donors (Lipinski definition) is 2. The van der Waals surface area contributed by atoms with Crippen LogP contribution in [0.1, 0.15) is 0 Å². The Labute approximate surface area is 111 Å². The van der Waals surface area contributed by atoms with Crippen molar-refractivity contribution in [3.63, 3.8) is 0 Å². The van der Waals surface area contributed by atoms with Gasteiger partial charge in [-0.15, -0.1) is 0 Å². The van der Waals surface area contributed by atoms with E-state index in [-0.39, 0.29) is 19.0 Å². The SMILES string of the molecule is CN1CCN(CC(=O)NCC(=O)O)c2ccccc21. The Balaban J connectivity index is 2.04. The molecule has 0 saturated carbocycles. The van der Waals surface area contributed by atoms with Crippen molar-refractivity contribution < 1.29 is 14.7 Å². The van der Waals surface area contributed by atoms with Gasteiger partial charge >= 0.3 is 5.97 Å². The van der Waals surface area contributed by atoms with Crippen LogP contribution in [0.25, 0.3) is 0 Å². The number of amides is 1. The Bertz CT molecular complexity index is 490. The van der Waals surface area contributed by atoms with E-state index in [1.807, 2.05) is 36.2 Å². The van der Waals surface area contributed by atoms with E-state index in [0.717, 1.165) is 24.5 Å². The fraction of sp³-hybridized carbons (Fsp3) is 0.385. The molecule has 0 unspecified atom stereocenters. The van der Waals surface area contributed by atoms with Crippen molar-refractivity contribution in [1.82, 2.24) is 5.32 Å². The normalized spacial score (nSPS) is 13.9. The summed E-state index contributed by atoms with van der Waals surface area (Å²) in [6.07, 6.45) is 0. The van der Waals surface area contributed by atoms with E-state index < -0.39 is 5.97 Å². The smallest absolute Gasteiger partial charge is 0.322 e. The van der Waals surface area contributed by atoms with E-state index in [2.05, 4.69) is 10.2 Å². The minimum Gasteiger partial charge on any atom is -0.480 e. The molecule has 102 valence electrons. The van der Waals surface area contributed by atoms with Crippen LogP contribution in [0, 0.1) is 0 Å². The first kappa shape index (κ1) is 13.2. The predicted octanol–water partition coefficient (Wildman–Crippen LogP) is 0.144. The minimum atomic E-state index is -1.04. The molecule has 0 atom stereocenters. The summed E-state index contributed by atoms with van der Waals surface area (Å²) < 4.78 is 0. The number of nitrogens with zero attached hydrogens (tertiary/aromatic N) is 2. The molecule has 0 spiro atoms. The summed E-state index contributed by atoms with van der Waals surface area (Å²) in [6.45, 7) is 1.42. The van der Waals surface area contributed by atoms with Gasteiger partial charge in [0, 0.05) is 20.1 Å². The summed E-state index contributed by atoms with van der Waals surface area (Å²) in [7, 11) is 2.01. The van der Waals surface area contributed by atoms with Crippen molar-refractivity contribution in [3.05, 3.63) is 24.3 Å². The van der Waals surface area contributed by atoms with Gasteiger partial charge in [0.05, 0.1) is 17.9 Å². The molecule has 1 aromatic rings. The zero-order valence-electron chi connectivity index (χ0n) is 10.8. The fourth-order valence-corrected chi connectivity index (χ4v) is 2.13. The molecule has 0 radical (unpaired) electrons. The number of carbonyl (C=O) groups excluding carboxylic acids is 1. The molecule has 19 heavy (non-hydrogen) atoms. The van der Waals surface area contributed by atoms with E-state index in [1.165, 1.54) is 0 Å². The van der Waals surface area contributed by atoms with E-state index >= 15 is 0 Å². The molecule has 1 aliphatic heterocycles. The Morgan fingerprint density at radius 1 is 1.26 bits per heavy atom. The highest BCUT2D eigenvalue weighted by Crippen LogP contribution is 2.31. The minimum absolute atomic E-state index is 0.179. The molecular formula is C13H17N3O3. The molecule has 1 aromatic carbocycles. The molecule has 0 bridgehead atoms. The highest BCUT2D eigenvalue weighted by Gasteiger charge is 2.21. The van der Waals surface area contributed by atoms with Crippen molar-refractivity contribution in [2.75, 3.05) is 43.0 Å². The first-order valence-electron chi connectivity index (χ1n) is 6.11. The third-order valence-electron chi connectivity index (χ3n) is 3.11. The van der Waals surface area contributed by atoms with E-state index in [0.29, 0.717) is 0 Å². The number of likely N-dealkylation sites (N-methyl/N-ethyl adjacent to an activating group) is 1. The number of anilines is 2. The average molecular weight is 263 g/mol. The second-order valence-electron chi connectivity index (χ2n) is 4.50. The highest BCUT2D eigenvalue weighted by atomic mass is 16.4. The molecule has 0 saturated heterocycles. The maximum Gasteiger partial charge on any atom is 0.322 e. The Hall–Kier alpha value is -2.24. The maximum atomic E-state index is 11.7. The van der Waals surface area contributed by atoms with Gasteiger partial charge in [0.15, 0.2) is 0 Å². The third kappa shape index (κ3) is 3.15. The molecule has 0 fully saturated rings. The van der Waals surface area contributed by atoms with Crippen molar-refractivity contribution >= 4 is 23.3 Å². The van der Waals surface area contributed by atoms with E-state index in [1.54, 1.807) is 0 Å². The second kappa shape index (κ2) is 5.60. The molecule has 1 heterocycles. The number of carbonyl (C=O) groups is 2. The molecule has 2 N–H and O–H groups in total. The third-order valence-corrected chi connectivity index (χ3v) is 3.11. The molecule has 0 aromatic heterocycles. The van der Waals surface area contributed by atoms with Crippen molar-refractivity contribution in [2.24, 2.45) is 0 Å². The van der Waals surface area contributed by atoms with Crippen LogP contribution in [-0.4, -0.2) is 50.2 Å². The number of fused-ring (bicyclic) bond motifs is 1. The van der Waals surface area contributed by atoms with E-state index in [9.17, 15) is 9.59 Å². The summed E-state index contributed by atoms with van der Waals surface area (Å²) in [5.74, 6) is -1.31. The number of nitrogens with one attached hydrogen (secondary N) is 1. The van der Waals surface area contributed by atoms with Gasteiger partial charge in [0.2, 0.25) is 5.91 Å². The number of aliphatic carboxylic acids is 1. The molecule has 0 aliphatic carbocycles. The zero-order valence-corrected chi connectivity index (χ0v) is 10.8. The van der Waals surface area contributed by atoms with Crippen LogP contribution in [0.3, 0.4) is 0 Å². The standard InChI is InChI=1S/C13H17N3O3/c1-15-6-7-16(9-12(17)14-8-13(18)19)11-5-3-2-4-10(11)15/h2-5H,6-9H2,1H3,(H,14,17)(H,18,19). The summed E-state index contributed by atoms with van der Waals surface area (Å²) in [4.78, 5) is 26.2. The maximum absolute atomic E-state index is 11.7. The number of para-hydroxylation sites is 2. The van der Waals surface area contributed by atoms with Gasteiger partial charge in [-0.1, -0.05) is 12.1 Å². The first-order valence-corrected chi connectivity index (χ1v) is 6.11. The van der Waals surface area contributed by atoms with Gasteiger partial charge in [-0.05, 0) is 12.1 Å². The largest absolute Gasteiger partial charge is 0.480 e. The lowest BCUT2D eigenvalue weighted by molar-refractivity contribution is -0.137. The number of carboxylic acid groups (broad SMARTS) is 1. The van der Waals surface area contributed by atoms with Crippen molar-refractivity contribution in [1.29, 1.82) is 0 Å². The van der Waals surface area contributed by atoms with Crippen LogP contribution in [0.15, 0.2) is 24.3 Å². The second-order valence-corrected chi connectivity index (χ2v) is 4.50. The Kier molecular flexibility index (Phi) is 3.89. The lowest BCUT2D eigenvalue weighted by Crippen LogP contribution is -2.45. The van der Waals surface area contributed by atoms with Gasteiger partial charge in [-0.2, -0.15) is 0 Å². The molecule has 2 rings (SSSR count). The zero-order chi connectivity index (χ0) is 13.8. The number of benzene rings is 1. The summed E-state index contributed by atoms with van der Waals surface area (Å²) in [5, 5.41) is 10.9. The van der Waals surface area contributed by atoms with Crippen LogP contribution in [0.5, 0.6) is 0 Å². The van der Waals surface area contributed by atoms with Crippen molar-refractivity contribution in [3.8, 4) is 0 Å². The summed E-state index contributed by atoms with van der Waals surface area (Å²) in [5.41, 5.74) is 2.08. The molecule has 1 amide bonds. The lowest BCUT2D eigenvalue weighted by atomic mass is 10.1. The van der Waals surface area contributed by atoms with Crippen LogP contribution in [-0.2, 0) is 9.59 Å². The summed E-state index contributed by atoms with van der Waals surface area (Å²) in [6, 6.07) is 7.87. The highest BCUT2D eigenvalue weighted by molar-refractivity contribution is 5.86. The Morgan fingerprint density at radius 3 is 2.63 bits per heavy atom. The van der Waals surface area contributed by atoms with Gasteiger partial charge < -0.3 is 20.2 Å². The number of hydrogen-bond acceptors (Lipinski definition) is 4. The van der Waals surface area contributed by atoms with Crippen LogP contribution >= 0.6 is 0 Å². The monoisotopic (exact) mass is 263 g/mol. The fourth-order valence-electron chi connectivity index (χ4n) is 2.13. The van der Waals surface area contributed by atoms with Crippen LogP contribution < -0.4 is 15.1 Å². The predicted molar refractivity (Wildman–Crippen MR) is 72.6 cm³/mol. The van der Waals surface area contributed by atoms with Gasteiger partial charge in [0.25, 0.3) is 0 Å². The molecule has 6 nitrogen and oxygen atoms in total. The average Bonchev–Trinajstić information content (AvgIpc) is 2.40. The van der Waals surface area contributed by atoms with Gasteiger partial charge in [0.1, 0.15) is 6.54 Å². The van der Waals surface area contributed by atoms with Gasteiger partial charge in [-0.25, -0.2) is 0 Å². The molecule has 1 aliphatic rings. The summed E-state index contributed by atoms with van der Waals surface area (Å²) >= 11 is 0. The lowest BCUT2D eigenvalue weighted by Gasteiger charge is -2.36. The molecular weight excluding hydrogens is 246 g/mol. The van der Waals surface area contributed by atoms with Crippen molar-refractivity contribution in [2.45, 2.75) is 0 Å². The topological polar surface area (TPSA) is 72.9 Å². The molecule has 6 heteroatoms. The van der Waals surface area contributed by atoms with Gasteiger partial charge in [-0.3, -0.25) is 9.59 Å². The van der Waals surface area contributed by atoms with Crippen LogP contribution in [0.4, 0.5) is 11.4 Å². The Morgan fingerprint density at radius 2 is 1.95 bits per heavy atom. The quantitative estimate of drug-likeness (QED) is 0.808.